The Morgan fingerprint density at radius 3 is 2.47 bits per heavy atom. The molecule has 1 aliphatic heterocycles. The Balaban J connectivity index is 1.23. The number of ether oxygens (including phenoxy) is 1. The number of benzene rings is 2. The first-order valence-electron chi connectivity index (χ1n) is 11.0. The fraction of sp³-hybridized carbons (Fsp3) is 0.208. The Morgan fingerprint density at radius 2 is 1.71 bits per heavy atom. The van der Waals surface area contributed by atoms with Crippen LogP contribution in [0.5, 0.6) is 0 Å². The summed E-state index contributed by atoms with van der Waals surface area (Å²) in [5.41, 5.74) is 3.40. The summed E-state index contributed by atoms with van der Waals surface area (Å²) in [4.78, 5) is 25.3. The molecule has 0 saturated carbocycles. The van der Waals surface area contributed by atoms with E-state index in [1.54, 1.807) is 0 Å². The van der Waals surface area contributed by atoms with Crippen LogP contribution in [-0.2, 0) is 4.74 Å². The highest BCUT2D eigenvalue weighted by atomic mass is 16.5. The van der Waals surface area contributed by atoms with Gasteiger partial charge in [0.05, 0.1) is 25.1 Å². The first kappa shape index (κ1) is 21.5. The maximum absolute atomic E-state index is 12.6. The van der Waals surface area contributed by atoms with Gasteiger partial charge >= 0.3 is 0 Å². The molecule has 0 atom stereocenters. The van der Waals surface area contributed by atoms with Gasteiger partial charge in [0.2, 0.25) is 5.95 Å². The topological polar surface area (TPSA) is 110 Å². The summed E-state index contributed by atoms with van der Waals surface area (Å²) in [6.07, 6.45) is 1.45. The minimum Gasteiger partial charge on any atom is -0.378 e. The van der Waals surface area contributed by atoms with Crippen LogP contribution in [0.15, 0.2) is 66.9 Å². The number of amides is 1. The predicted octanol–water partition coefficient (Wildman–Crippen LogP) is 3.20. The van der Waals surface area contributed by atoms with Gasteiger partial charge in [0.25, 0.3) is 5.91 Å². The van der Waals surface area contributed by atoms with Crippen molar-refractivity contribution >= 4 is 29.0 Å². The van der Waals surface area contributed by atoms with Crippen molar-refractivity contribution < 1.29 is 9.53 Å². The molecule has 2 aromatic heterocycles. The van der Waals surface area contributed by atoms with E-state index >= 15 is 0 Å². The van der Waals surface area contributed by atoms with Crippen LogP contribution in [0.25, 0.3) is 5.69 Å². The summed E-state index contributed by atoms with van der Waals surface area (Å²) in [6.45, 7) is 4.85. The van der Waals surface area contributed by atoms with Crippen molar-refractivity contribution in [2.75, 3.05) is 41.8 Å². The third-order valence-corrected chi connectivity index (χ3v) is 5.26. The van der Waals surface area contributed by atoms with Crippen LogP contribution >= 0.6 is 0 Å². The fourth-order valence-electron chi connectivity index (χ4n) is 3.55. The number of hydrogen-bond donors (Lipinski definition) is 2. The van der Waals surface area contributed by atoms with Crippen LogP contribution in [0.2, 0.25) is 0 Å². The molecule has 4 aromatic rings. The zero-order chi connectivity index (χ0) is 23.3. The van der Waals surface area contributed by atoms with Crippen molar-refractivity contribution in [1.29, 1.82) is 0 Å². The van der Waals surface area contributed by atoms with E-state index < -0.39 is 0 Å². The molecule has 0 radical (unpaired) electrons. The molecule has 1 saturated heterocycles. The van der Waals surface area contributed by atoms with Crippen LogP contribution in [-0.4, -0.2) is 57.2 Å². The number of nitrogens with one attached hydrogen (secondary N) is 2. The highest BCUT2D eigenvalue weighted by Crippen LogP contribution is 2.21. The van der Waals surface area contributed by atoms with Gasteiger partial charge < -0.3 is 20.3 Å². The lowest BCUT2D eigenvalue weighted by atomic mass is 10.2. The number of hydrogen-bond acceptors (Lipinski definition) is 8. The Morgan fingerprint density at radius 1 is 0.971 bits per heavy atom. The summed E-state index contributed by atoms with van der Waals surface area (Å²) < 4.78 is 5.41. The van der Waals surface area contributed by atoms with Gasteiger partial charge in [0, 0.05) is 36.2 Å². The maximum atomic E-state index is 12.6. The summed E-state index contributed by atoms with van der Waals surface area (Å²) in [5, 5.41) is 14.6. The Kier molecular flexibility index (Phi) is 6.13. The molecule has 1 fully saturated rings. The Hall–Kier alpha value is -4.31. The van der Waals surface area contributed by atoms with E-state index in [1.807, 2.05) is 67.6 Å². The number of morpholine rings is 1. The number of para-hydroxylation sites is 1. The standard InChI is InChI=1S/C24H24N8O2/c1-17-15-22(29-24(26-17)31-11-13-34-14-12-31)27-18-7-9-19(10-8-18)28-23(33)21-16-25-32(30-21)20-5-3-2-4-6-20/h2-10,15-16H,11-14H2,1H3,(H,28,33)(H,26,27,29). The lowest BCUT2D eigenvalue weighted by Crippen LogP contribution is -2.37. The quantitative estimate of drug-likeness (QED) is 0.455. The van der Waals surface area contributed by atoms with Crippen LogP contribution < -0.4 is 15.5 Å². The van der Waals surface area contributed by atoms with Crippen LogP contribution in [0.1, 0.15) is 16.2 Å². The Labute approximate surface area is 196 Å². The molecule has 0 spiro atoms. The number of aromatic nitrogens is 5. The van der Waals surface area contributed by atoms with Gasteiger partial charge in [-0.15, -0.1) is 5.10 Å². The average Bonchev–Trinajstić information content (AvgIpc) is 3.37. The summed E-state index contributed by atoms with van der Waals surface area (Å²) >= 11 is 0. The lowest BCUT2D eigenvalue weighted by Gasteiger charge is -2.27. The molecule has 172 valence electrons. The molecular formula is C24H24N8O2. The summed E-state index contributed by atoms with van der Waals surface area (Å²) in [5.74, 6) is 1.08. The van der Waals surface area contributed by atoms with Crippen molar-refractivity contribution in [2.24, 2.45) is 0 Å². The van der Waals surface area contributed by atoms with E-state index in [-0.39, 0.29) is 11.6 Å². The van der Waals surface area contributed by atoms with Crippen LogP contribution in [0, 0.1) is 6.92 Å². The number of rotatable bonds is 6. The highest BCUT2D eigenvalue weighted by Gasteiger charge is 2.15. The van der Waals surface area contributed by atoms with Crippen molar-refractivity contribution in [1.82, 2.24) is 25.0 Å². The van der Waals surface area contributed by atoms with E-state index in [9.17, 15) is 4.79 Å². The predicted molar refractivity (Wildman–Crippen MR) is 129 cm³/mol. The number of nitrogens with zero attached hydrogens (tertiary/aromatic N) is 6. The van der Waals surface area contributed by atoms with Gasteiger partial charge in [-0.2, -0.15) is 14.9 Å². The first-order chi connectivity index (χ1) is 16.6. The minimum absolute atomic E-state index is 0.234. The smallest absolute Gasteiger partial charge is 0.277 e. The number of anilines is 4. The number of carbonyl (C=O) groups is 1. The van der Waals surface area contributed by atoms with E-state index in [0.717, 1.165) is 30.2 Å². The van der Waals surface area contributed by atoms with Gasteiger partial charge in [-0.05, 0) is 43.3 Å². The van der Waals surface area contributed by atoms with Gasteiger partial charge in [0.15, 0.2) is 5.69 Å². The second-order valence-electron chi connectivity index (χ2n) is 7.81. The summed E-state index contributed by atoms with van der Waals surface area (Å²) in [7, 11) is 0. The van der Waals surface area contributed by atoms with Gasteiger partial charge in [0.1, 0.15) is 5.82 Å². The molecule has 2 aromatic carbocycles. The molecule has 34 heavy (non-hydrogen) atoms. The van der Waals surface area contributed by atoms with Crippen LogP contribution in [0.3, 0.4) is 0 Å². The molecule has 10 nitrogen and oxygen atoms in total. The third kappa shape index (κ3) is 5.02. The van der Waals surface area contributed by atoms with Gasteiger partial charge in [-0.1, -0.05) is 18.2 Å². The molecule has 3 heterocycles. The van der Waals surface area contributed by atoms with Crippen molar-refractivity contribution in [3.63, 3.8) is 0 Å². The largest absolute Gasteiger partial charge is 0.378 e. The van der Waals surface area contributed by atoms with Crippen LogP contribution in [0.4, 0.5) is 23.1 Å². The molecule has 10 heteroatoms. The molecule has 1 amide bonds. The molecular weight excluding hydrogens is 432 g/mol. The summed E-state index contributed by atoms with van der Waals surface area (Å²) in [6, 6.07) is 18.7. The van der Waals surface area contributed by atoms with Crippen molar-refractivity contribution in [3.8, 4) is 5.69 Å². The minimum atomic E-state index is -0.329. The lowest BCUT2D eigenvalue weighted by molar-refractivity contribution is 0.102. The average molecular weight is 457 g/mol. The van der Waals surface area contributed by atoms with Gasteiger partial charge in [-0.25, -0.2) is 4.98 Å². The monoisotopic (exact) mass is 456 g/mol. The Bertz CT molecular complexity index is 1270. The molecule has 2 N–H and O–H groups in total. The fourth-order valence-corrected chi connectivity index (χ4v) is 3.55. The van der Waals surface area contributed by atoms with E-state index in [0.29, 0.717) is 30.7 Å². The molecule has 5 rings (SSSR count). The van der Waals surface area contributed by atoms with Crippen molar-refractivity contribution in [2.45, 2.75) is 6.92 Å². The zero-order valence-corrected chi connectivity index (χ0v) is 18.7. The second-order valence-corrected chi connectivity index (χ2v) is 7.81. The molecule has 0 bridgehead atoms. The second kappa shape index (κ2) is 9.67. The zero-order valence-electron chi connectivity index (χ0n) is 18.7. The van der Waals surface area contributed by atoms with E-state index in [4.69, 9.17) is 4.74 Å². The SMILES string of the molecule is Cc1cc(Nc2ccc(NC(=O)c3cnn(-c4ccccc4)n3)cc2)nc(N2CCOCC2)n1. The molecule has 0 aliphatic carbocycles. The molecule has 1 aliphatic rings. The van der Waals surface area contributed by atoms with Gasteiger partial charge in [-0.3, -0.25) is 4.79 Å². The van der Waals surface area contributed by atoms with Crippen molar-refractivity contribution in [3.05, 3.63) is 78.2 Å². The molecule has 0 unspecified atom stereocenters. The third-order valence-electron chi connectivity index (χ3n) is 5.26. The maximum Gasteiger partial charge on any atom is 0.277 e. The first-order valence-corrected chi connectivity index (χ1v) is 11.0. The van der Waals surface area contributed by atoms with E-state index in [2.05, 4.69) is 35.7 Å². The highest BCUT2D eigenvalue weighted by molar-refractivity contribution is 6.02. The number of aryl methyl sites for hydroxylation is 1. The normalized spacial score (nSPS) is 13.5. The van der Waals surface area contributed by atoms with E-state index in [1.165, 1.54) is 11.0 Å². The number of carbonyl (C=O) groups excluding carboxylic acids is 1.